The molecule has 0 unspecified atom stereocenters. The lowest BCUT2D eigenvalue weighted by Gasteiger charge is -2.43. The minimum absolute atomic E-state index is 0.0461. The summed E-state index contributed by atoms with van der Waals surface area (Å²) >= 11 is 0. The van der Waals surface area contributed by atoms with E-state index >= 15 is 0 Å². The standard InChI is InChI=1S/C21H28O8/c1-26-19-11-21(20(27-2)29-19)8-7-14(10-17(21)24)12-28-18(25)6-4-13-3-5-15(22)16(23)9-13/h3-6,9,14,17,19-20,22-24H,7-8,10-12H2,1-2H3/t14-,17-,19-,20-,21-/m0/s1. The number of methoxy groups -OCH3 is 2. The van der Waals surface area contributed by atoms with Crippen LogP contribution in [0.1, 0.15) is 31.2 Å². The maximum absolute atomic E-state index is 12.0. The molecule has 0 aromatic heterocycles. The molecule has 1 aromatic rings. The highest BCUT2D eigenvalue weighted by Crippen LogP contribution is 2.51. The number of aromatic hydroxyl groups is 2. The number of phenols is 2. The molecule has 8 nitrogen and oxygen atoms in total. The molecule has 3 rings (SSSR count). The second kappa shape index (κ2) is 9.13. The Kier molecular flexibility index (Phi) is 6.79. The fraction of sp³-hybridized carbons (Fsp3) is 0.571. The van der Waals surface area contributed by atoms with Crippen LogP contribution < -0.4 is 0 Å². The van der Waals surface area contributed by atoms with E-state index in [9.17, 15) is 20.1 Å². The summed E-state index contributed by atoms with van der Waals surface area (Å²) in [5.74, 6) is -0.944. The molecule has 1 spiro atoms. The molecule has 29 heavy (non-hydrogen) atoms. The Hall–Kier alpha value is -2.13. The molecule has 1 aliphatic heterocycles. The SMILES string of the molecule is CO[C@@H]1C[C@]2(CC[C@H](COC(=O)C=Cc3ccc(O)c(O)c3)C[C@@H]2O)[C@@H](OC)O1. The molecule has 1 saturated carbocycles. The first-order chi connectivity index (χ1) is 13.9. The Morgan fingerprint density at radius 2 is 2.07 bits per heavy atom. The Morgan fingerprint density at radius 3 is 2.72 bits per heavy atom. The number of aliphatic hydroxyl groups is 1. The van der Waals surface area contributed by atoms with Gasteiger partial charge in [-0.2, -0.15) is 0 Å². The fourth-order valence-corrected chi connectivity index (χ4v) is 4.19. The molecule has 3 N–H and O–H groups in total. The Balaban J connectivity index is 1.50. The number of aliphatic hydroxyl groups excluding tert-OH is 1. The number of rotatable bonds is 6. The van der Waals surface area contributed by atoms with Gasteiger partial charge in [0.15, 0.2) is 24.1 Å². The minimum atomic E-state index is -0.638. The normalized spacial score (nSPS) is 32.1. The first-order valence-corrected chi connectivity index (χ1v) is 9.64. The molecule has 0 amide bonds. The van der Waals surface area contributed by atoms with Crippen molar-refractivity contribution in [2.24, 2.45) is 11.3 Å². The molecular weight excluding hydrogens is 380 g/mol. The van der Waals surface area contributed by atoms with E-state index in [2.05, 4.69) is 0 Å². The number of phenolic OH excluding ortho intramolecular Hbond substituents is 2. The number of carbonyl (C=O) groups excluding carboxylic acids is 1. The van der Waals surface area contributed by atoms with E-state index in [0.717, 1.165) is 6.42 Å². The summed E-state index contributed by atoms with van der Waals surface area (Å²) in [7, 11) is 3.13. The summed E-state index contributed by atoms with van der Waals surface area (Å²) in [5, 5.41) is 29.6. The van der Waals surface area contributed by atoms with Crippen LogP contribution in [0.25, 0.3) is 6.08 Å². The highest BCUT2D eigenvalue weighted by Gasteiger charge is 2.55. The van der Waals surface area contributed by atoms with E-state index in [1.165, 1.54) is 24.3 Å². The van der Waals surface area contributed by atoms with Crippen molar-refractivity contribution in [1.82, 2.24) is 0 Å². The molecule has 0 bridgehead atoms. The molecule has 1 aliphatic carbocycles. The molecule has 8 heteroatoms. The van der Waals surface area contributed by atoms with Gasteiger partial charge in [0.2, 0.25) is 0 Å². The van der Waals surface area contributed by atoms with E-state index < -0.39 is 30.1 Å². The molecule has 1 aromatic carbocycles. The quantitative estimate of drug-likeness (QED) is 0.373. The van der Waals surface area contributed by atoms with Gasteiger partial charge in [-0.15, -0.1) is 0 Å². The zero-order chi connectivity index (χ0) is 21.0. The van der Waals surface area contributed by atoms with Gasteiger partial charge >= 0.3 is 5.97 Å². The van der Waals surface area contributed by atoms with Crippen molar-refractivity contribution in [2.75, 3.05) is 20.8 Å². The van der Waals surface area contributed by atoms with E-state index in [1.807, 2.05) is 0 Å². The molecule has 2 aliphatic rings. The summed E-state index contributed by atoms with van der Waals surface area (Å²) in [4.78, 5) is 12.0. The maximum Gasteiger partial charge on any atom is 0.330 e. The van der Waals surface area contributed by atoms with Gasteiger partial charge in [-0.3, -0.25) is 0 Å². The first kappa shape index (κ1) is 21.6. The zero-order valence-corrected chi connectivity index (χ0v) is 16.6. The van der Waals surface area contributed by atoms with Crippen molar-refractivity contribution in [1.29, 1.82) is 0 Å². The lowest BCUT2D eigenvalue weighted by Crippen LogP contribution is -2.47. The van der Waals surface area contributed by atoms with E-state index in [1.54, 1.807) is 20.3 Å². The van der Waals surface area contributed by atoms with Gasteiger partial charge in [0.05, 0.1) is 18.1 Å². The van der Waals surface area contributed by atoms with Crippen molar-refractivity contribution in [3.05, 3.63) is 29.8 Å². The Bertz CT molecular complexity index is 748. The minimum Gasteiger partial charge on any atom is -0.504 e. The predicted molar refractivity (Wildman–Crippen MR) is 103 cm³/mol. The van der Waals surface area contributed by atoms with Crippen LogP contribution in [-0.4, -0.2) is 60.8 Å². The number of ether oxygens (including phenoxy) is 4. The average molecular weight is 408 g/mol. The van der Waals surface area contributed by atoms with Crippen molar-refractivity contribution >= 4 is 12.0 Å². The molecule has 2 fully saturated rings. The highest BCUT2D eigenvalue weighted by atomic mass is 16.8. The van der Waals surface area contributed by atoms with Crippen molar-refractivity contribution in [3.63, 3.8) is 0 Å². The third-order valence-electron chi connectivity index (χ3n) is 5.88. The summed E-state index contributed by atoms with van der Waals surface area (Å²) < 4.78 is 21.8. The monoisotopic (exact) mass is 408 g/mol. The molecule has 1 saturated heterocycles. The molecular formula is C21H28O8. The van der Waals surface area contributed by atoms with Gasteiger partial charge in [-0.05, 0) is 49.0 Å². The zero-order valence-electron chi connectivity index (χ0n) is 16.6. The summed E-state index contributed by atoms with van der Waals surface area (Å²) in [6.07, 6.45) is 3.74. The smallest absolute Gasteiger partial charge is 0.330 e. The van der Waals surface area contributed by atoms with Crippen LogP contribution in [0.15, 0.2) is 24.3 Å². The number of benzene rings is 1. The summed E-state index contributed by atoms with van der Waals surface area (Å²) in [5.41, 5.74) is 0.0586. The lowest BCUT2D eigenvalue weighted by molar-refractivity contribution is -0.223. The third kappa shape index (κ3) is 4.72. The van der Waals surface area contributed by atoms with Gasteiger partial charge in [-0.25, -0.2) is 4.79 Å². The average Bonchev–Trinajstić information content (AvgIpc) is 3.08. The van der Waals surface area contributed by atoms with Gasteiger partial charge in [0, 0.05) is 26.7 Å². The first-order valence-electron chi connectivity index (χ1n) is 9.64. The predicted octanol–water partition coefficient (Wildman–Crippen LogP) is 2.17. The van der Waals surface area contributed by atoms with E-state index in [-0.39, 0.29) is 24.0 Å². The number of hydrogen-bond donors (Lipinski definition) is 3. The number of esters is 1. The maximum atomic E-state index is 12.0. The van der Waals surface area contributed by atoms with Crippen LogP contribution >= 0.6 is 0 Å². The summed E-state index contributed by atoms with van der Waals surface area (Å²) in [6.45, 7) is 0.212. The van der Waals surface area contributed by atoms with Crippen LogP contribution in [0.3, 0.4) is 0 Å². The van der Waals surface area contributed by atoms with Crippen LogP contribution in [0.4, 0.5) is 0 Å². The number of hydrogen-bond acceptors (Lipinski definition) is 8. The van der Waals surface area contributed by atoms with Crippen molar-refractivity contribution < 1.29 is 39.1 Å². The van der Waals surface area contributed by atoms with Crippen LogP contribution in [-0.2, 0) is 23.7 Å². The Morgan fingerprint density at radius 1 is 1.28 bits per heavy atom. The van der Waals surface area contributed by atoms with Gasteiger partial charge in [0.1, 0.15) is 0 Å². The van der Waals surface area contributed by atoms with E-state index in [0.29, 0.717) is 24.8 Å². The second-order valence-electron chi connectivity index (χ2n) is 7.67. The lowest BCUT2D eigenvalue weighted by atomic mass is 9.67. The van der Waals surface area contributed by atoms with Gasteiger partial charge in [-0.1, -0.05) is 6.07 Å². The summed E-state index contributed by atoms with van der Waals surface area (Å²) in [6, 6.07) is 4.26. The highest BCUT2D eigenvalue weighted by molar-refractivity contribution is 5.87. The molecule has 1 heterocycles. The van der Waals surface area contributed by atoms with E-state index in [4.69, 9.17) is 18.9 Å². The topological polar surface area (TPSA) is 115 Å². The van der Waals surface area contributed by atoms with Crippen LogP contribution in [0.5, 0.6) is 11.5 Å². The largest absolute Gasteiger partial charge is 0.504 e. The number of carbonyl (C=O) groups is 1. The third-order valence-corrected chi connectivity index (χ3v) is 5.88. The van der Waals surface area contributed by atoms with Gasteiger partial charge in [0.25, 0.3) is 0 Å². The van der Waals surface area contributed by atoms with Crippen molar-refractivity contribution in [3.8, 4) is 11.5 Å². The molecule has 160 valence electrons. The Labute approximate surface area is 169 Å². The fourth-order valence-electron chi connectivity index (χ4n) is 4.19. The van der Waals surface area contributed by atoms with Crippen LogP contribution in [0, 0.1) is 11.3 Å². The second-order valence-corrected chi connectivity index (χ2v) is 7.67. The molecule has 5 atom stereocenters. The van der Waals surface area contributed by atoms with Crippen molar-refractivity contribution in [2.45, 2.75) is 44.4 Å². The van der Waals surface area contributed by atoms with Crippen LogP contribution in [0.2, 0.25) is 0 Å². The molecule has 0 radical (unpaired) electrons. The van der Waals surface area contributed by atoms with Gasteiger partial charge < -0.3 is 34.3 Å².